The summed E-state index contributed by atoms with van der Waals surface area (Å²) in [4.78, 5) is 2.29. The molecule has 0 atom stereocenters. The van der Waals surface area contributed by atoms with Crippen molar-refractivity contribution in [2.45, 2.75) is 6.54 Å². The van der Waals surface area contributed by atoms with E-state index in [2.05, 4.69) is 15.1 Å². The minimum atomic E-state index is 0.319. The fourth-order valence-corrected chi connectivity index (χ4v) is 1.54. The molecule has 1 aromatic heterocycles. The van der Waals surface area contributed by atoms with Crippen LogP contribution in [0.15, 0.2) is 12.3 Å². The van der Waals surface area contributed by atoms with Gasteiger partial charge in [-0.2, -0.15) is 5.10 Å². The third-order valence-corrected chi connectivity index (χ3v) is 2.24. The Morgan fingerprint density at radius 1 is 1.67 bits per heavy atom. The molecule has 12 heavy (non-hydrogen) atoms. The summed E-state index contributed by atoms with van der Waals surface area (Å²) < 4.78 is 0. The number of likely N-dealkylation sites (tertiary alicyclic amines) is 1. The van der Waals surface area contributed by atoms with E-state index in [4.69, 9.17) is 5.11 Å². The van der Waals surface area contributed by atoms with Gasteiger partial charge in [-0.1, -0.05) is 0 Å². The van der Waals surface area contributed by atoms with Gasteiger partial charge < -0.3 is 5.11 Å². The zero-order chi connectivity index (χ0) is 8.39. The topological polar surface area (TPSA) is 52.1 Å². The molecule has 0 bridgehead atoms. The lowest BCUT2D eigenvalue weighted by Gasteiger charge is -2.37. The van der Waals surface area contributed by atoms with E-state index in [1.54, 1.807) is 6.20 Å². The molecule has 0 aliphatic carbocycles. The number of hydrogen-bond donors (Lipinski definition) is 2. The van der Waals surface area contributed by atoms with Gasteiger partial charge in [0.15, 0.2) is 0 Å². The molecule has 4 heteroatoms. The van der Waals surface area contributed by atoms with E-state index in [-0.39, 0.29) is 0 Å². The maximum Gasteiger partial charge on any atom is 0.0492 e. The third kappa shape index (κ3) is 1.49. The predicted octanol–water partition coefficient (Wildman–Crippen LogP) is -0.166. The molecular weight excluding hydrogens is 154 g/mol. The molecule has 0 radical (unpaired) electrons. The summed E-state index contributed by atoms with van der Waals surface area (Å²) in [6, 6.07) is 1.98. The lowest BCUT2D eigenvalue weighted by atomic mass is 10.0. The monoisotopic (exact) mass is 167 g/mol. The first-order chi connectivity index (χ1) is 5.88. The zero-order valence-electron chi connectivity index (χ0n) is 6.90. The molecular formula is C8H13N3O. The first-order valence-corrected chi connectivity index (χ1v) is 4.20. The molecule has 1 saturated heterocycles. The molecule has 1 fully saturated rings. The summed E-state index contributed by atoms with van der Waals surface area (Å²) in [7, 11) is 0. The molecule has 1 aromatic rings. The van der Waals surface area contributed by atoms with Crippen LogP contribution in [0.4, 0.5) is 0 Å². The second-order valence-electron chi connectivity index (χ2n) is 3.32. The molecule has 2 N–H and O–H groups in total. The second-order valence-corrected chi connectivity index (χ2v) is 3.32. The normalized spacial score (nSPS) is 19.4. The Hall–Kier alpha value is -0.870. The number of hydrogen-bond acceptors (Lipinski definition) is 3. The van der Waals surface area contributed by atoms with E-state index >= 15 is 0 Å². The number of rotatable bonds is 3. The summed E-state index contributed by atoms with van der Waals surface area (Å²) in [5.41, 5.74) is 1.14. The van der Waals surface area contributed by atoms with Crippen LogP contribution in [0.5, 0.6) is 0 Å². The number of aliphatic hydroxyl groups is 1. The van der Waals surface area contributed by atoms with Gasteiger partial charge >= 0.3 is 0 Å². The minimum absolute atomic E-state index is 0.319. The van der Waals surface area contributed by atoms with Gasteiger partial charge in [-0.05, 0) is 6.07 Å². The van der Waals surface area contributed by atoms with Gasteiger partial charge in [0.05, 0.1) is 0 Å². The lowest BCUT2D eigenvalue weighted by Crippen LogP contribution is -2.47. The number of aliphatic hydroxyl groups excluding tert-OH is 1. The van der Waals surface area contributed by atoms with Crippen molar-refractivity contribution in [1.29, 1.82) is 0 Å². The Kier molecular flexibility index (Phi) is 2.10. The van der Waals surface area contributed by atoms with Crippen molar-refractivity contribution in [1.82, 2.24) is 15.1 Å². The van der Waals surface area contributed by atoms with E-state index in [0.717, 1.165) is 25.3 Å². The standard InChI is InChI=1S/C8H13N3O/c12-6-7-3-11(4-7)5-8-1-2-9-10-8/h1-2,7,12H,3-6H2,(H,9,10). The van der Waals surface area contributed by atoms with Crippen LogP contribution in [0.25, 0.3) is 0 Å². The number of nitrogens with zero attached hydrogens (tertiary/aromatic N) is 2. The zero-order valence-corrected chi connectivity index (χ0v) is 6.90. The average molecular weight is 167 g/mol. The summed E-state index contributed by atoms with van der Waals surface area (Å²) in [6.07, 6.45) is 1.76. The number of aromatic amines is 1. The van der Waals surface area contributed by atoms with Gasteiger partial charge in [-0.25, -0.2) is 0 Å². The van der Waals surface area contributed by atoms with Crippen LogP contribution in [-0.4, -0.2) is 39.9 Å². The number of H-pyrrole nitrogens is 1. The maximum atomic E-state index is 8.78. The summed E-state index contributed by atoms with van der Waals surface area (Å²) in [6.45, 7) is 3.26. The van der Waals surface area contributed by atoms with Crippen LogP contribution >= 0.6 is 0 Å². The molecule has 0 saturated carbocycles. The van der Waals surface area contributed by atoms with E-state index in [1.165, 1.54) is 0 Å². The Labute approximate surface area is 71.2 Å². The van der Waals surface area contributed by atoms with Gasteiger partial charge in [0.1, 0.15) is 0 Å². The molecule has 2 heterocycles. The van der Waals surface area contributed by atoms with Crippen molar-refractivity contribution in [3.63, 3.8) is 0 Å². The van der Waals surface area contributed by atoms with Crippen molar-refractivity contribution >= 4 is 0 Å². The van der Waals surface area contributed by atoms with Gasteiger partial charge in [0.25, 0.3) is 0 Å². The highest BCUT2D eigenvalue weighted by molar-refractivity contribution is 4.98. The molecule has 0 unspecified atom stereocenters. The molecule has 1 aliphatic heterocycles. The van der Waals surface area contributed by atoms with Gasteiger partial charge in [-0.3, -0.25) is 10.00 Å². The van der Waals surface area contributed by atoms with Crippen molar-refractivity contribution in [2.75, 3.05) is 19.7 Å². The summed E-state index contributed by atoms with van der Waals surface area (Å²) >= 11 is 0. The molecule has 0 spiro atoms. The highest BCUT2D eigenvalue weighted by atomic mass is 16.3. The second kappa shape index (κ2) is 3.25. The van der Waals surface area contributed by atoms with Gasteiger partial charge in [0, 0.05) is 44.0 Å². The van der Waals surface area contributed by atoms with E-state index in [1.807, 2.05) is 6.07 Å². The minimum Gasteiger partial charge on any atom is -0.396 e. The highest BCUT2D eigenvalue weighted by Crippen LogP contribution is 2.16. The predicted molar refractivity (Wildman–Crippen MR) is 44.4 cm³/mol. The van der Waals surface area contributed by atoms with Gasteiger partial charge in [-0.15, -0.1) is 0 Å². The van der Waals surface area contributed by atoms with Crippen molar-refractivity contribution < 1.29 is 5.11 Å². The van der Waals surface area contributed by atoms with Crippen LogP contribution < -0.4 is 0 Å². The number of aromatic nitrogens is 2. The quantitative estimate of drug-likeness (QED) is 0.657. The first kappa shape index (κ1) is 7.76. The van der Waals surface area contributed by atoms with E-state index in [0.29, 0.717) is 12.5 Å². The third-order valence-electron chi connectivity index (χ3n) is 2.24. The number of nitrogens with one attached hydrogen (secondary N) is 1. The van der Waals surface area contributed by atoms with Crippen molar-refractivity contribution in [3.8, 4) is 0 Å². The Balaban J connectivity index is 1.77. The SMILES string of the molecule is OCC1CN(Cc2ccn[nH]2)C1. The van der Waals surface area contributed by atoms with Crippen LogP contribution in [0.2, 0.25) is 0 Å². The maximum absolute atomic E-state index is 8.78. The van der Waals surface area contributed by atoms with Crippen molar-refractivity contribution in [3.05, 3.63) is 18.0 Å². The Morgan fingerprint density at radius 2 is 2.50 bits per heavy atom. The van der Waals surface area contributed by atoms with Crippen LogP contribution in [0.3, 0.4) is 0 Å². The van der Waals surface area contributed by atoms with Crippen LogP contribution in [0, 0.1) is 5.92 Å². The largest absolute Gasteiger partial charge is 0.396 e. The van der Waals surface area contributed by atoms with E-state index in [9.17, 15) is 0 Å². The fraction of sp³-hybridized carbons (Fsp3) is 0.625. The molecule has 0 aromatic carbocycles. The first-order valence-electron chi connectivity index (χ1n) is 4.20. The smallest absolute Gasteiger partial charge is 0.0492 e. The molecule has 4 nitrogen and oxygen atoms in total. The summed E-state index contributed by atoms with van der Waals surface area (Å²) in [5.74, 6) is 0.493. The van der Waals surface area contributed by atoms with Gasteiger partial charge in [0.2, 0.25) is 0 Å². The molecule has 66 valence electrons. The Bertz CT molecular complexity index is 228. The van der Waals surface area contributed by atoms with E-state index < -0.39 is 0 Å². The lowest BCUT2D eigenvalue weighted by molar-refractivity contribution is 0.0470. The molecule has 0 amide bonds. The fourth-order valence-electron chi connectivity index (χ4n) is 1.54. The summed E-state index contributed by atoms with van der Waals surface area (Å²) in [5, 5.41) is 15.6. The Morgan fingerprint density at radius 3 is 3.08 bits per heavy atom. The van der Waals surface area contributed by atoms with Crippen LogP contribution in [-0.2, 0) is 6.54 Å². The molecule has 2 rings (SSSR count). The average Bonchev–Trinajstić information content (AvgIpc) is 2.47. The molecule has 1 aliphatic rings. The van der Waals surface area contributed by atoms with Crippen molar-refractivity contribution in [2.24, 2.45) is 5.92 Å². The highest BCUT2D eigenvalue weighted by Gasteiger charge is 2.25. The van der Waals surface area contributed by atoms with Crippen LogP contribution in [0.1, 0.15) is 5.69 Å².